The maximum Gasteiger partial charge on any atom is 0.359 e. The van der Waals surface area contributed by atoms with E-state index in [-0.39, 0.29) is 29.9 Å². The maximum atomic E-state index is 13.8. The first-order valence-electron chi connectivity index (χ1n) is 11.0. The third-order valence-corrected chi connectivity index (χ3v) is 5.73. The summed E-state index contributed by atoms with van der Waals surface area (Å²) in [5.41, 5.74) is 1.30. The molecule has 9 heteroatoms. The van der Waals surface area contributed by atoms with Gasteiger partial charge in [-0.1, -0.05) is 17.7 Å². The molecular weight excluding hydrogens is 424 g/mol. The SMILES string of the molecule is COC(=O)c1ncn2c1C(=O)N(c1ccc(C)cc1C)C(C)(C(=O)NCCCOC(C)C)C2. The van der Waals surface area contributed by atoms with E-state index in [9.17, 15) is 14.4 Å². The number of rotatable bonds is 8. The minimum atomic E-state index is -1.24. The number of anilines is 1. The second-order valence-electron chi connectivity index (χ2n) is 8.79. The van der Waals surface area contributed by atoms with Gasteiger partial charge in [-0.2, -0.15) is 0 Å². The Balaban J connectivity index is 1.99. The van der Waals surface area contributed by atoms with Gasteiger partial charge in [0.05, 0.1) is 26.1 Å². The predicted octanol–water partition coefficient (Wildman–Crippen LogP) is 2.64. The Hall–Kier alpha value is -3.20. The highest BCUT2D eigenvalue weighted by Crippen LogP contribution is 2.35. The monoisotopic (exact) mass is 456 g/mol. The third-order valence-electron chi connectivity index (χ3n) is 5.73. The molecular formula is C24H32N4O5. The van der Waals surface area contributed by atoms with E-state index in [1.54, 1.807) is 11.5 Å². The Morgan fingerprint density at radius 3 is 2.64 bits per heavy atom. The molecule has 0 saturated carbocycles. The number of esters is 1. The number of carbonyl (C=O) groups excluding carboxylic acids is 3. The topological polar surface area (TPSA) is 103 Å². The van der Waals surface area contributed by atoms with Crippen LogP contribution in [0.5, 0.6) is 0 Å². The highest BCUT2D eigenvalue weighted by molar-refractivity contribution is 6.15. The van der Waals surface area contributed by atoms with Crippen LogP contribution >= 0.6 is 0 Å². The molecule has 33 heavy (non-hydrogen) atoms. The molecule has 9 nitrogen and oxygen atoms in total. The quantitative estimate of drug-likeness (QED) is 0.484. The summed E-state index contributed by atoms with van der Waals surface area (Å²) in [6.45, 7) is 10.6. The first-order valence-corrected chi connectivity index (χ1v) is 11.0. The van der Waals surface area contributed by atoms with Gasteiger partial charge in [-0.25, -0.2) is 9.78 Å². The Labute approximate surface area is 194 Å². The standard InChI is InChI=1S/C24H32N4O5/c1-15(2)33-11-7-10-25-23(31)24(5)13-27-14-26-19(22(30)32-6)20(27)21(29)28(24)18-9-8-16(3)12-17(18)4/h8-9,12,14-15H,7,10-11,13H2,1-6H3,(H,25,31). The smallest absolute Gasteiger partial charge is 0.359 e. The predicted molar refractivity (Wildman–Crippen MR) is 123 cm³/mol. The lowest BCUT2D eigenvalue weighted by atomic mass is 9.92. The first-order chi connectivity index (χ1) is 15.6. The van der Waals surface area contributed by atoms with Crippen LogP contribution in [-0.4, -0.2) is 59.2 Å². The van der Waals surface area contributed by atoms with Gasteiger partial charge in [0.1, 0.15) is 11.2 Å². The molecule has 2 aromatic rings. The van der Waals surface area contributed by atoms with Crippen LogP contribution in [0.15, 0.2) is 24.5 Å². The number of aromatic nitrogens is 2. The molecule has 0 spiro atoms. The van der Waals surface area contributed by atoms with Crippen LogP contribution in [0.2, 0.25) is 0 Å². The first kappa shape index (κ1) is 24.4. The Morgan fingerprint density at radius 1 is 1.27 bits per heavy atom. The molecule has 1 aromatic heterocycles. The fourth-order valence-corrected chi connectivity index (χ4v) is 4.09. The van der Waals surface area contributed by atoms with Gasteiger partial charge < -0.3 is 19.4 Å². The number of ether oxygens (including phenoxy) is 2. The van der Waals surface area contributed by atoms with E-state index in [4.69, 9.17) is 9.47 Å². The van der Waals surface area contributed by atoms with E-state index in [1.165, 1.54) is 18.3 Å². The van der Waals surface area contributed by atoms with E-state index >= 15 is 0 Å². The van der Waals surface area contributed by atoms with Gasteiger partial charge in [0, 0.05) is 18.8 Å². The number of amides is 2. The molecule has 0 aliphatic carbocycles. The van der Waals surface area contributed by atoms with E-state index in [2.05, 4.69) is 10.3 Å². The van der Waals surface area contributed by atoms with Gasteiger partial charge >= 0.3 is 5.97 Å². The van der Waals surface area contributed by atoms with Gasteiger partial charge in [0.2, 0.25) is 5.91 Å². The molecule has 2 amide bonds. The van der Waals surface area contributed by atoms with Crippen LogP contribution in [0.4, 0.5) is 5.69 Å². The molecule has 0 bridgehead atoms. The van der Waals surface area contributed by atoms with Crippen molar-refractivity contribution >= 4 is 23.5 Å². The average molecular weight is 457 g/mol. The molecule has 3 rings (SSSR count). The van der Waals surface area contributed by atoms with Crippen LogP contribution in [0.3, 0.4) is 0 Å². The summed E-state index contributed by atoms with van der Waals surface area (Å²) in [5.74, 6) is -1.47. The van der Waals surface area contributed by atoms with E-state index in [0.717, 1.165) is 11.1 Å². The Bertz CT molecular complexity index is 1060. The van der Waals surface area contributed by atoms with Gasteiger partial charge in [-0.15, -0.1) is 0 Å². The molecule has 1 atom stereocenters. The summed E-state index contributed by atoms with van der Waals surface area (Å²) < 4.78 is 11.9. The molecule has 1 aromatic carbocycles. The summed E-state index contributed by atoms with van der Waals surface area (Å²) in [4.78, 5) is 45.1. The van der Waals surface area contributed by atoms with Crippen molar-refractivity contribution in [1.29, 1.82) is 0 Å². The minimum absolute atomic E-state index is 0.0643. The number of methoxy groups -OCH3 is 1. The van der Waals surface area contributed by atoms with Gasteiger partial charge in [-0.05, 0) is 52.7 Å². The second-order valence-corrected chi connectivity index (χ2v) is 8.79. The lowest BCUT2D eigenvalue weighted by Crippen LogP contribution is -2.64. The number of imidazole rings is 1. The fraction of sp³-hybridized carbons (Fsp3) is 0.500. The van der Waals surface area contributed by atoms with Gasteiger partial charge in [-0.3, -0.25) is 14.5 Å². The molecule has 0 fully saturated rings. The summed E-state index contributed by atoms with van der Waals surface area (Å²) in [7, 11) is 1.24. The van der Waals surface area contributed by atoms with Crippen molar-refractivity contribution in [2.24, 2.45) is 0 Å². The molecule has 178 valence electrons. The number of hydrogen-bond acceptors (Lipinski definition) is 6. The number of carbonyl (C=O) groups is 3. The van der Waals surface area contributed by atoms with Crippen molar-refractivity contribution < 1.29 is 23.9 Å². The van der Waals surface area contributed by atoms with E-state index < -0.39 is 17.4 Å². The molecule has 1 unspecified atom stereocenters. The average Bonchev–Trinajstić information content (AvgIpc) is 3.17. The molecule has 1 N–H and O–H groups in total. The van der Waals surface area contributed by atoms with Crippen LogP contribution in [0, 0.1) is 13.8 Å². The fourth-order valence-electron chi connectivity index (χ4n) is 4.09. The van der Waals surface area contributed by atoms with Crippen molar-refractivity contribution in [3.8, 4) is 0 Å². The Kier molecular flexibility index (Phi) is 7.22. The molecule has 1 aliphatic heterocycles. The van der Waals surface area contributed by atoms with Crippen LogP contribution < -0.4 is 10.2 Å². The molecule has 1 aliphatic rings. The van der Waals surface area contributed by atoms with Crippen molar-refractivity contribution in [2.75, 3.05) is 25.2 Å². The number of hydrogen-bond donors (Lipinski definition) is 1. The third kappa shape index (κ3) is 4.78. The van der Waals surface area contributed by atoms with Crippen molar-refractivity contribution in [3.63, 3.8) is 0 Å². The van der Waals surface area contributed by atoms with Crippen LogP contribution in [0.25, 0.3) is 0 Å². The van der Waals surface area contributed by atoms with Crippen molar-refractivity contribution in [2.45, 2.75) is 59.2 Å². The highest BCUT2D eigenvalue weighted by Gasteiger charge is 2.50. The molecule has 0 saturated heterocycles. The second kappa shape index (κ2) is 9.74. The zero-order valence-electron chi connectivity index (χ0n) is 20.1. The number of aryl methyl sites for hydroxylation is 2. The lowest BCUT2D eigenvalue weighted by Gasteiger charge is -2.44. The lowest BCUT2D eigenvalue weighted by molar-refractivity contribution is -0.126. The van der Waals surface area contributed by atoms with Crippen LogP contribution in [-0.2, 0) is 20.8 Å². The molecule has 0 radical (unpaired) electrons. The zero-order chi connectivity index (χ0) is 24.3. The highest BCUT2D eigenvalue weighted by atomic mass is 16.5. The van der Waals surface area contributed by atoms with E-state index in [1.807, 2.05) is 45.9 Å². The number of nitrogens with zero attached hydrogens (tertiary/aromatic N) is 3. The largest absolute Gasteiger partial charge is 0.464 e. The van der Waals surface area contributed by atoms with Crippen molar-refractivity contribution in [3.05, 3.63) is 47.0 Å². The summed E-state index contributed by atoms with van der Waals surface area (Å²) in [6.07, 6.45) is 2.18. The summed E-state index contributed by atoms with van der Waals surface area (Å²) >= 11 is 0. The molecule has 2 heterocycles. The van der Waals surface area contributed by atoms with Gasteiger partial charge in [0.25, 0.3) is 5.91 Å². The normalized spacial score (nSPS) is 17.8. The number of fused-ring (bicyclic) bond motifs is 1. The zero-order valence-corrected chi connectivity index (χ0v) is 20.1. The minimum Gasteiger partial charge on any atom is -0.464 e. The summed E-state index contributed by atoms with van der Waals surface area (Å²) in [5, 5.41) is 2.95. The number of benzene rings is 1. The van der Waals surface area contributed by atoms with Crippen molar-refractivity contribution in [1.82, 2.24) is 14.9 Å². The van der Waals surface area contributed by atoms with Gasteiger partial charge in [0.15, 0.2) is 5.69 Å². The van der Waals surface area contributed by atoms with E-state index in [0.29, 0.717) is 25.3 Å². The number of nitrogens with one attached hydrogen (secondary N) is 1. The Morgan fingerprint density at radius 2 is 2.00 bits per heavy atom. The summed E-state index contributed by atoms with van der Waals surface area (Å²) in [6, 6.07) is 5.68. The van der Waals surface area contributed by atoms with Crippen LogP contribution in [0.1, 0.15) is 59.3 Å². The maximum absolute atomic E-state index is 13.8.